The molecule has 1 aromatic rings. The Morgan fingerprint density at radius 3 is 3.04 bits per heavy atom. The van der Waals surface area contributed by atoms with Crippen LogP contribution in [0, 0.1) is 0 Å². The molecule has 130 valence electrons. The highest BCUT2D eigenvalue weighted by atomic mass is 31.2. The van der Waals surface area contributed by atoms with Crippen molar-refractivity contribution in [2.45, 2.75) is 43.4 Å². The highest BCUT2D eigenvalue weighted by Gasteiger charge is 2.68. The van der Waals surface area contributed by atoms with E-state index in [-0.39, 0.29) is 17.7 Å². The normalized spacial score (nSPS) is 37.3. The Kier molecular flexibility index (Phi) is 3.84. The van der Waals surface area contributed by atoms with E-state index < -0.39 is 13.5 Å². The lowest BCUT2D eigenvalue weighted by molar-refractivity contribution is -0.215. The SMILES string of the molecule is CCO[P+]1([O-])Oc2ccccc2[C@H]2[C@@H]1C[C@@]1(C(=O)OC)CCCN21. The minimum absolute atomic E-state index is 0.131. The first-order chi connectivity index (χ1) is 11.6. The van der Waals surface area contributed by atoms with Crippen molar-refractivity contribution in [2.24, 2.45) is 0 Å². The Hall–Kier alpha value is -1.20. The van der Waals surface area contributed by atoms with Gasteiger partial charge in [-0.05, 0) is 25.8 Å². The van der Waals surface area contributed by atoms with Crippen molar-refractivity contribution >= 4 is 13.9 Å². The number of fused-ring (bicyclic) bond motifs is 5. The number of hydrogen-bond donors (Lipinski definition) is 0. The second kappa shape index (κ2) is 5.67. The molecular weight excluding hydrogens is 329 g/mol. The summed E-state index contributed by atoms with van der Waals surface area (Å²) in [4.78, 5) is 28.3. The monoisotopic (exact) mass is 351 g/mol. The summed E-state index contributed by atoms with van der Waals surface area (Å²) >= 11 is 0. The largest absolute Gasteiger partial charge is 0.624 e. The van der Waals surface area contributed by atoms with Gasteiger partial charge in [0, 0.05) is 18.5 Å². The molecule has 7 heteroatoms. The van der Waals surface area contributed by atoms with Crippen molar-refractivity contribution < 1.29 is 23.5 Å². The molecule has 4 atom stereocenters. The maximum Gasteiger partial charge on any atom is 0.326 e. The predicted octanol–water partition coefficient (Wildman–Crippen LogP) is 2.06. The smallest absolute Gasteiger partial charge is 0.326 e. The number of esters is 1. The molecule has 0 saturated carbocycles. The number of para-hydroxylation sites is 1. The highest BCUT2D eigenvalue weighted by molar-refractivity contribution is 7.60. The molecule has 0 aromatic heterocycles. The molecule has 0 amide bonds. The van der Waals surface area contributed by atoms with Crippen LogP contribution in [0.1, 0.15) is 37.8 Å². The fourth-order valence-corrected chi connectivity index (χ4v) is 7.03. The van der Waals surface area contributed by atoms with Gasteiger partial charge in [0.1, 0.15) is 11.2 Å². The second-order valence-electron chi connectivity index (χ2n) is 6.62. The predicted molar refractivity (Wildman–Crippen MR) is 87.4 cm³/mol. The topological polar surface area (TPSA) is 71.1 Å². The van der Waals surface area contributed by atoms with Crippen molar-refractivity contribution in [3.8, 4) is 5.75 Å². The molecule has 0 aliphatic carbocycles. The molecule has 0 spiro atoms. The third kappa shape index (κ3) is 2.07. The van der Waals surface area contributed by atoms with E-state index in [1.807, 2.05) is 31.2 Å². The molecule has 3 aliphatic rings. The first kappa shape index (κ1) is 16.3. The van der Waals surface area contributed by atoms with Crippen LogP contribution >= 0.6 is 7.94 Å². The average molecular weight is 351 g/mol. The second-order valence-corrected chi connectivity index (χ2v) is 8.81. The summed E-state index contributed by atoms with van der Waals surface area (Å²) < 4.78 is 16.6. The lowest BCUT2D eigenvalue weighted by Crippen LogP contribution is -2.47. The van der Waals surface area contributed by atoms with Crippen molar-refractivity contribution in [3.63, 3.8) is 0 Å². The van der Waals surface area contributed by atoms with E-state index in [0.717, 1.165) is 24.9 Å². The zero-order valence-electron chi connectivity index (χ0n) is 13.9. The lowest BCUT2D eigenvalue weighted by Gasteiger charge is -2.41. The highest BCUT2D eigenvalue weighted by Crippen LogP contribution is 2.71. The zero-order valence-corrected chi connectivity index (χ0v) is 14.8. The third-order valence-corrected chi connectivity index (χ3v) is 7.88. The van der Waals surface area contributed by atoms with Crippen LogP contribution in [0.3, 0.4) is 0 Å². The molecule has 2 fully saturated rings. The number of carbonyl (C=O) groups is 1. The van der Waals surface area contributed by atoms with Crippen LogP contribution in [-0.2, 0) is 14.1 Å². The number of rotatable bonds is 3. The summed E-state index contributed by atoms with van der Waals surface area (Å²) in [6, 6.07) is 7.50. The Balaban J connectivity index is 1.85. The molecule has 3 heterocycles. The van der Waals surface area contributed by atoms with Gasteiger partial charge in [-0.2, -0.15) is 0 Å². The molecule has 3 aliphatic heterocycles. The number of carbonyl (C=O) groups excluding carboxylic acids is 1. The van der Waals surface area contributed by atoms with Crippen LogP contribution < -0.4 is 9.42 Å². The molecule has 2 saturated heterocycles. The van der Waals surface area contributed by atoms with Gasteiger partial charge in [-0.3, -0.25) is 9.69 Å². The van der Waals surface area contributed by atoms with Gasteiger partial charge in [0.05, 0.1) is 19.8 Å². The molecular formula is C17H22NO5P. The third-order valence-electron chi connectivity index (χ3n) is 5.53. The molecule has 1 unspecified atom stereocenters. The Morgan fingerprint density at radius 2 is 2.29 bits per heavy atom. The molecule has 0 radical (unpaired) electrons. The van der Waals surface area contributed by atoms with Crippen molar-refractivity contribution in [1.29, 1.82) is 0 Å². The number of nitrogens with zero attached hydrogens (tertiary/aromatic N) is 1. The Labute approximate surface area is 142 Å². The summed E-state index contributed by atoms with van der Waals surface area (Å²) in [5.74, 6) is 0.359. The molecule has 6 nitrogen and oxygen atoms in total. The minimum Gasteiger partial charge on any atom is -0.624 e. The van der Waals surface area contributed by atoms with Gasteiger partial charge in [-0.1, -0.05) is 18.2 Å². The maximum atomic E-state index is 13.5. The van der Waals surface area contributed by atoms with Gasteiger partial charge in [0.25, 0.3) is 7.94 Å². The Bertz CT molecular complexity index is 670. The summed E-state index contributed by atoms with van der Waals surface area (Å²) in [7, 11) is -1.93. The van der Waals surface area contributed by atoms with Crippen LogP contribution in [0.25, 0.3) is 0 Å². The van der Waals surface area contributed by atoms with Gasteiger partial charge in [-0.15, -0.1) is 0 Å². The maximum absolute atomic E-state index is 13.5. The molecule has 1 aromatic carbocycles. The standard InChI is InChI=1S/C17H22NO5P/c1-3-22-24(20)14-11-17(16(19)21-2)9-6-10-18(17)15(14)12-7-4-5-8-13(12)23-24/h4-5,7-8,14-15H,3,6,9-11H2,1-2H3/t14-,15-,17+,24?/m0/s1. The van der Waals surface area contributed by atoms with Crippen LogP contribution in [-0.4, -0.2) is 42.3 Å². The first-order valence-electron chi connectivity index (χ1n) is 8.44. The van der Waals surface area contributed by atoms with Crippen LogP contribution in [0.15, 0.2) is 24.3 Å². The van der Waals surface area contributed by atoms with Crippen molar-refractivity contribution in [3.05, 3.63) is 29.8 Å². The number of ether oxygens (including phenoxy) is 1. The van der Waals surface area contributed by atoms with Crippen molar-refractivity contribution in [2.75, 3.05) is 20.3 Å². The minimum atomic E-state index is -3.35. The van der Waals surface area contributed by atoms with E-state index in [1.165, 1.54) is 7.11 Å². The van der Waals surface area contributed by atoms with Crippen LogP contribution in [0.4, 0.5) is 0 Å². The van der Waals surface area contributed by atoms with E-state index in [0.29, 0.717) is 18.8 Å². The summed E-state index contributed by atoms with van der Waals surface area (Å²) in [6.07, 6.45) is 2.11. The quantitative estimate of drug-likeness (QED) is 0.613. The number of benzene rings is 1. The summed E-state index contributed by atoms with van der Waals surface area (Å²) in [6.45, 7) is 2.91. The average Bonchev–Trinajstić information content (AvgIpc) is 3.12. The summed E-state index contributed by atoms with van der Waals surface area (Å²) in [5, 5.41) is 0. The number of hydrogen-bond acceptors (Lipinski definition) is 6. The zero-order chi connectivity index (χ0) is 16.9. The van der Waals surface area contributed by atoms with E-state index in [2.05, 4.69) is 4.90 Å². The van der Waals surface area contributed by atoms with Gasteiger partial charge in [-0.25, -0.2) is 4.52 Å². The first-order valence-corrected chi connectivity index (χ1v) is 10.0. The molecule has 4 rings (SSSR count). The van der Waals surface area contributed by atoms with E-state index >= 15 is 0 Å². The van der Waals surface area contributed by atoms with Gasteiger partial charge in [0.2, 0.25) is 0 Å². The van der Waals surface area contributed by atoms with Crippen LogP contribution in [0.5, 0.6) is 5.75 Å². The van der Waals surface area contributed by atoms with Gasteiger partial charge < -0.3 is 14.2 Å². The Morgan fingerprint density at radius 1 is 1.50 bits per heavy atom. The van der Waals surface area contributed by atoms with E-state index in [1.54, 1.807) is 0 Å². The van der Waals surface area contributed by atoms with Gasteiger partial charge >= 0.3 is 5.97 Å². The molecule has 0 bridgehead atoms. The van der Waals surface area contributed by atoms with E-state index in [9.17, 15) is 9.69 Å². The summed E-state index contributed by atoms with van der Waals surface area (Å²) in [5.41, 5.74) is -0.0643. The fraction of sp³-hybridized carbons (Fsp3) is 0.588. The number of methoxy groups -OCH3 is 1. The fourth-order valence-electron chi connectivity index (χ4n) is 4.66. The van der Waals surface area contributed by atoms with Gasteiger partial charge in [0.15, 0.2) is 5.75 Å². The lowest BCUT2D eigenvalue weighted by atomic mass is 9.93. The van der Waals surface area contributed by atoms with E-state index in [4.69, 9.17) is 13.8 Å². The van der Waals surface area contributed by atoms with Crippen LogP contribution in [0.2, 0.25) is 0 Å². The molecule has 24 heavy (non-hydrogen) atoms. The molecule has 0 N–H and O–H groups in total. The van der Waals surface area contributed by atoms with Crippen molar-refractivity contribution in [1.82, 2.24) is 4.90 Å².